The van der Waals surface area contributed by atoms with E-state index in [1.807, 2.05) is 25.8 Å². The highest BCUT2D eigenvalue weighted by molar-refractivity contribution is 5.85. The minimum atomic E-state index is -0.787. The van der Waals surface area contributed by atoms with Crippen LogP contribution in [0.25, 0.3) is 0 Å². The van der Waals surface area contributed by atoms with Gasteiger partial charge in [-0.05, 0) is 53.1 Å². The van der Waals surface area contributed by atoms with E-state index in [-0.39, 0.29) is 36.4 Å². The zero-order chi connectivity index (χ0) is 16.8. The molecule has 1 fully saturated rings. The van der Waals surface area contributed by atoms with Crippen molar-refractivity contribution in [1.82, 2.24) is 15.1 Å². The van der Waals surface area contributed by atoms with Gasteiger partial charge in [-0.2, -0.15) is 0 Å². The lowest BCUT2D eigenvalue weighted by Gasteiger charge is -2.27. The van der Waals surface area contributed by atoms with Crippen LogP contribution in [0.3, 0.4) is 0 Å². The van der Waals surface area contributed by atoms with Crippen LogP contribution in [0.4, 0.5) is 0 Å². The predicted molar refractivity (Wildman–Crippen MR) is 94.1 cm³/mol. The number of likely N-dealkylation sites (tertiary alicyclic amines) is 1. The Morgan fingerprint density at radius 1 is 1.30 bits per heavy atom. The number of nitrogens with one attached hydrogen (secondary N) is 1. The fourth-order valence-corrected chi connectivity index (χ4v) is 2.79. The maximum absolute atomic E-state index is 12.1. The van der Waals surface area contributed by atoms with E-state index in [0.29, 0.717) is 6.54 Å². The average molecular weight is 350 g/mol. The molecule has 0 saturated carbocycles. The topological polar surface area (TPSA) is 72.9 Å². The third-order valence-corrected chi connectivity index (χ3v) is 4.53. The molecule has 2 N–H and O–H groups in total. The molecule has 1 unspecified atom stereocenters. The summed E-state index contributed by atoms with van der Waals surface area (Å²) < 4.78 is 0. The van der Waals surface area contributed by atoms with Crippen molar-refractivity contribution < 1.29 is 14.7 Å². The van der Waals surface area contributed by atoms with Gasteiger partial charge in [-0.1, -0.05) is 6.92 Å². The summed E-state index contributed by atoms with van der Waals surface area (Å²) in [5.74, 6) is -0.714. The summed E-state index contributed by atoms with van der Waals surface area (Å²) in [6, 6.07) is 0.288. The van der Waals surface area contributed by atoms with Crippen molar-refractivity contribution in [3.63, 3.8) is 0 Å². The fraction of sp³-hybridized carbons (Fsp3) is 0.875. The van der Waals surface area contributed by atoms with Crippen LogP contribution in [0.5, 0.6) is 0 Å². The number of halogens is 1. The van der Waals surface area contributed by atoms with Crippen molar-refractivity contribution in [2.45, 2.75) is 58.0 Å². The molecule has 1 aliphatic heterocycles. The van der Waals surface area contributed by atoms with Crippen molar-refractivity contribution in [2.24, 2.45) is 0 Å². The first kappa shape index (κ1) is 22.1. The van der Waals surface area contributed by atoms with Gasteiger partial charge in [0.15, 0.2) is 0 Å². The molecule has 1 amide bonds. The molecule has 1 rings (SSSR count). The van der Waals surface area contributed by atoms with E-state index in [9.17, 15) is 9.59 Å². The summed E-state index contributed by atoms with van der Waals surface area (Å²) in [6.07, 6.45) is 3.80. The van der Waals surface area contributed by atoms with Crippen molar-refractivity contribution in [1.29, 1.82) is 0 Å². The van der Waals surface area contributed by atoms with E-state index in [1.165, 1.54) is 0 Å². The Labute approximate surface area is 146 Å². The van der Waals surface area contributed by atoms with Gasteiger partial charge in [0.1, 0.15) is 0 Å². The number of carbonyl (C=O) groups is 2. The van der Waals surface area contributed by atoms with E-state index in [1.54, 1.807) is 0 Å². The molecule has 0 aliphatic carbocycles. The lowest BCUT2D eigenvalue weighted by atomic mass is 10.0. The van der Waals surface area contributed by atoms with Crippen LogP contribution in [0, 0.1) is 0 Å². The van der Waals surface area contributed by atoms with Gasteiger partial charge in [0, 0.05) is 18.1 Å². The minimum absolute atomic E-state index is 0. The zero-order valence-electron chi connectivity index (χ0n) is 14.8. The molecule has 136 valence electrons. The molecule has 0 aromatic carbocycles. The van der Waals surface area contributed by atoms with Crippen LogP contribution in [-0.2, 0) is 9.59 Å². The normalized spacial score (nSPS) is 19.8. The Bertz CT molecular complexity index is 391. The Kier molecular flexibility index (Phi) is 9.73. The van der Waals surface area contributed by atoms with Crippen LogP contribution in [-0.4, -0.2) is 71.6 Å². The first-order chi connectivity index (χ1) is 10.2. The van der Waals surface area contributed by atoms with Crippen molar-refractivity contribution in [3.05, 3.63) is 0 Å². The molecule has 1 atom stereocenters. The number of carboxylic acid groups (broad SMARTS) is 1. The monoisotopic (exact) mass is 349 g/mol. The number of nitrogens with zero attached hydrogens (tertiary/aromatic N) is 2. The number of carbonyl (C=O) groups excluding carboxylic acids is 1. The lowest BCUT2D eigenvalue weighted by molar-refractivity contribution is -0.138. The van der Waals surface area contributed by atoms with Crippen LogP contribution < -0.4 is 5.32 Å². The van der Waals surface area contributed by atoms with Crippen molar-refractivity contribution in [3.8, 4) is 0 Å². The molecule has 0 spiro atoms. The molecule has 1 aliphatic rings. The molecular weight excluding hydrogens is 318 g/mol. The number of carboxylic acids is 1. The number of aliphatic carboxylic acids is 1. The largest absolute Gasteiger partial charge is 0.480 e. The van der Waals surface area contributed by atoms with E-state index in [4.69, 9.17) is 5.11 Å². The fourth-order valence-electron chi connectivity index (χ4n) is 2.79. The molecule has 0 aromatic rings. The third-order valence-electron chi connectivity index (χ3n) is 4.53. The van der Waals surface area contributed by atoms with Crippen LogP contribution in [0.2, 0.25) is 0 Å². The summed E-state index contributed by atoms with van der Waals surface area (Å²) in [6.45, 7) is 8.38. The average Bonchev–Trinajstić information content (AvgIpc) is 2.63. The quantitative estimate of drug-likeness (QED) is 0.730. The molecule has 0 radical (unpaired) electrons. The Balaban J connectivity index is 0.00000484. The second-order valence-corrected chi connectivity index (χ2v) is 6.96. The number of rotatable bonds is 7. The highest BCUT2D eigenvalue weighted by atomic mass is 35.5. The Hall–Kier alpha value is -0.850. The maximum atomic E-state index is 12.1. The van der Waals surface area contributed by atoms with Gasteiger partial charge in [-0.15, -0.1) is 12.4 Å². The van der Waals surface area contributed by atoms with Gasteiger partial charge in [-0.25, -0.2) is 0 Å². The smallest absolute Gasteiger partial charge is 0.317 e. The molecule has 7 heteroatoms. The molecule has 0 bridgehead atoms. The molecule has 23 heavy (non-hydrogen) atoms. The second kappa shape index (κ2) is 10.1. The van der Waals surface area contributed by atoms with Crippen LogP contribution >= 0.6 is 12.4 Å². The van der Waals surface area contributed by atoms with Gasteiger partial charge in [0.25, 0.3) is 0 Å². The van der Waals surface area contributed by atoms with Gasteiger partial charge < -0.3 is 10.4 Å². The van der Waals surface area contributed by atoms with Gasteiger partial charge in [0.2, 0.25) is 5.91 Å². The highest BCUT2D eigenvalue weighted by Gasteiger charge is 2.24. The first-order valence-corrected chi connectivity index (χ1v) is 8.19. The number of amides is 1. The van der Waals surface area contributed by atoms with Crippen LogP contribution in [0.1, 0.15) is 46.5 Å². The van der Waals surface area contributed by atoms with Gasteiger partial charge in [-0.3, -0.25) is 19.4 Å². The first-order valence-electron chi connectivity index (χ1n) is 8.19. The summed E-state index contributed by atoms with van der Waals surface area (Å²) in [4.78, 5) is 27.0. The molecule has 1 saturated heterocycles. The van der Waals surface area contributed by atoms with Gasteiger partial charge >= 0.3 is 5.97 Å². The summed E-state index contributed by atoms with van der Waals surface area (Å²) in [7, 11) is 1.87. The Morgan fingerprint density at radius 2 is 1.96 bits per heavy atom. The summed E-state index contributed by atoms with van der Waals surface area (Å²) in [5, 5.41) is 11.9. The SMILES string of the molecule is CCC(C)(C)NC(=O)CN1CCCC(N(C)CC(=O)O)CC1.Cl. The van der Waals surface area contributed by atoms with E-state index < -0.39 is 5.97 Å². The molecular formula is C16H32ClN3O3. The molecule has 6 nitrogen and oxygen atoms in total. The third kappa shape index (κ3) is 8.53. The zero-order valence-corrected chi connectivity index (χ0v) is 15.6. The molecule has 1 heterocycles. The highest BCUT2D eigenvalue weighted by Crippen LogP contribution is 2.16. The van der Waals surface area contributed by atoms with Gasteiger partial charge in [0.05, 0.1) is 13.1 Å². The van der Waals surface area contributed by atoms with Crippen molar-refractivity contribution >= 4 is 24.3 Å². The van der Waals surface area contributed by atoms with E-state index in [2.05, 4.69) is 17.1 Å². The van der Waals surface area contributed by atoms with E-state index in [0.717, 1.165) is 38.8 Å². The lowest BCUT2D eigenvalue weighted by Crippen LogP contribution is -2.47. The predicted octanol–water partition coefficient (Wildman–Crippen LogP) is 1.58. The van der Waals surface area contributed by atoms with E-state index >= 15 is 0 Å². The standard InChI is InChI=1S/C16H31N3O3.ClH/c1-5-16(2,3)17-14(20)11-19-9-6-7-13(8-10-19)18(4)12-15(21)22;/h13H,5-12H2,1-4H3,(H,17,20)(H,21,22);1H. The number of hydrogen-bond donors (Lipinski definition) is 2. The maximum Gasteiger partial charge on any atom is 0.317 e. The number of likely N-dealkylation sites (N-methyl/N-ethyl adjacent to an activating group) is 1. The summed E-state index contributed by atoms with van der Waals surface area (Å²) in [5.41, 5.74) is -0.160. The van der Waals surface area contributed by atoms with Crippen molar-refractivity contribution in [2.75, 3.05) is 33.2 Å². The summed E-state index contributed by atoms with van der Waals surface area (Å²) >= 11 is 0. The minimum Gasteiger partial charge on any atom is -0.480 e. The second-order valence-electron chi connectivity index (χ2n) is 6.96. The van der Waals surface area contributed by atoms with Crippen LogP contribution in [0.15, 0.2) is 0 Å². The molecule has 0 aromatic heterocycles. The Morgan fingerprint density at radius 3 is 2.52 bits per heavy atom. The number of hydrogen-bond acceptors (Lipinski definition) is 4.